The number of nitrogens with zero attached hydrogens (tertiary/aromatic N) is 6. The lowest BCUT2D eigenvalue weighted by Crippen LogP contribution is -2.39. The molecule has 3 aromatic heterocycles. The molecule has 4 heterocycles. The number of morpholine rings is 1. The first kappa shape index (κ1) is 19.6. The van der Waals surface area contributed by atoms with Crippen molar-refractivity contribution in [2.24, 2.45) is 0 Å². The van der Waals surface area contributed by atoms with Gasteiger partial charge in [0, 0.05) is 32.1 Å². The molecule has 0 bridgehead atoms. The molecule has 0 atom stereocenters. The molecule has 1 aliphatic heterocycles. The highest BCUT2D eigenvalue weighted by atomic mass is 16.5. The maximum atomic E-state index is 13.7. The average Bonchev–Trinajstić information content (AvgIpc) is 3.60. The van der Waals surface area contributed by atoms with Gasteiger partial charge in [0.15, 0.2) is 0 Å². The van der Waals surface area contributed by atoms with Gasteiger partial charge in [-0.05, 0) is 25.0 Å². The van der Waals surface area contributed by atoms with E-state index in [0.29, 0.717) is 35.4 Å². The second kappa shape index (κ2) is 8.14. The molecule has 0 unspecified atom stereocenters. The normalized spacial score (nSPS) is 18.2. The number of ether oxygens (including phenoxy) is 1. The van der Waals surface area contributed by atoms with Gasteiger partial charge in [0.25, 0.3) is 5.56 Å². The Morgan fingerprint density at radius 2 is 1.81 bits per heavy atom. The number of imidazole rings is 1. The average molecular weight is 435 g/mol. The molecule has 0 N–H and O–H groups in total. The molecule has 4 aromatic rings. The highest BCUT2D eigenvalue weighted by Crippen LogP contribution is 2.34. The summed E-state index contributed by atoms with van der Waals surface area (Å²) in [6, 6.07) is 7.94. The fourth-order valence-electron chi connectivity index (χ4n) is 4.99. The quantitative estimate of drug-likeness (QED) is 0.477. The smallest absolute Gasteiger partial charge is 0.277 e. The number of hydrogen-bond donors (Lipinski definition) is 0. The summed E-state index contributed by atoms with van der Waals surface area (Å²) < 4.78 is 14.7. The molecule has 2 aliphatic rings. The van der Waals surface area contributed by atoms with Crippen molar-refractivity contribution in [2.45, 2.75) is 38.1 Å². The predicted molar refractivity (Wildman–Crippen MR) is 119 cm³/mol. The lowest BCUT2D eigenvalue weighted by Gasteiger charge is -2.27. The molecule has 0 radical (unpaired) electrons. The summed E-state index contributed by atoms with van der Waals surface area (Å²) in [7, 11) is 0. The van der Waals surface area contributed by atoms with E-state index in [1.807, 2.05) is 33.2 Å². The van der Waals surface area contributed by atoms with Crippen molar-refractivity contribution in [2.75, 3.05) is 32.8 Å². The van der Waals surface area contributed by atoms with Crippen LogP contribution in [0.4, 0.5) is 0 Å². The number of fused-ring (bicyclic) bond motifs is 3. The Balaban J connectivity index is 1.44. The largest absolute Gasteiger partial charge is 0.379 e. The Morgan fingerprint density at radius 3 is 2.62 bits per heavy atom. The van der Waals surface area contributed by atoms with E-state index in [4.69, 9.17) is 9.26 Å². The monoisotopic (exact) mass is 434 g/mol. The molecule has 32 heavy (non-hydrogen) atoms. The van der Waals surface area contributed by atoms with Crippen molar-refractivity contribution < 1.29 is 9.26 Å². The van der Waals surface area contributed by atoms with E-state index in [0.717, 1.165) is 56.7 Å². The van der Waals surface area contributed by atoms with Gasteiger partial charge in [0.2, 0.25) is 11.7 Å². The molecular weight excluding hydrogens is 408 g/mol. The Hall–Kier alpha value is -3.04. The van der Waals surface area contributed by atoms with Crippen molar-refractivity contribution in [3.05, 3.63) is 46.8 Å². The fraction of sp³-hybridized carbons (Fsp3) is 0.478. The minimum atomic E-state index is -0.0864. The van der Waals surface area contributed by atoms with Crippen LogP contribution >= 0.6 is 0 Å². The first-order valence-corrected chi connectivity index (χ1v) is 11.4. The third kappa shape index (κ3) is 3.32. The first-order chi connectivity index (χ1) is 15.8. The zero-order chi connectivity index (χ0) is 21.5. The zero-order valence-corrected chi connectivity index (χ0v) is 17.9. The van der Waals surface area contributed by atoms with Crippen LogP contribution in [0.5, 0.6) is 0 Å². The second-order valence-electron chi connectivity index (χ2n) is 8.65. The van der Waals surface area contributed by atoms with Gasteiger partial charge < -0.3 is 13.8 Å². The summed E-state index contributed by atoms with van der Waals surface area (Å²) >= 11 is 0. The van der Waals surface area contributed by atoms with E-state index in [1.165, 1.54) is 12.8 Å². The number of para-hydroxylation sites is 2. The highest BCUT2D eigenvalue weighted by Gasteiger charge is 2.26. The molecule has 9 heteroatoms. The van der Waals surface area contributed by atoms with Crippen LogP contribution in [0.25, 0.3) is 28.1 Å². The van der Waals surface area contributed by atoms with Gasteiger partial charge >= 0.3 is 0 Å². The molecule has 1 saturated heterocycles. The Kier molecular flexibility index (Phi) is 4.99. The SMILES string of the molecule is O=c1c2c(-c3noc(C4CCCC4)n3)ncn2c2ccccc2n1CCN1CCOCC1. The molecule has 1 aromatic carbocycles. The van der Waals surface area contributed by atoms with E-state index >= 15 is 0 Å². The molecule has 0 amide bonds. The molecular formula is C23H26N6O3. The number of rotatable bonds is 5. The minimum absolute atomic E-state index is 0.0864. The predicted octanol–water partition coefficient (Wildman–Crippen LogP) is 2.69. The summed E-state index contributed by atoms with van der Waals surface area (Å²) in [6.07, 6.45) is 6.21. The molecule has 1 aliphatic carbocycles. The Bertz CT molecular complexity index is 1310. The van der Waals surface area contributed by atoms with Gasteiger partial charge in [-0.1, -0.05) is 30.1 Å². The van der Waals surface area contributed by atoms with E-state index in [9.17, 15) is 4.79 Å². The maximum absolute atomic E-state index is 13.7. The van der Waals surface area contributed by atoms with Gasteiger partial charge in [-0.2, -0.15) is 4.98 Å². The van der Waals surface area contributed by atoms with Crippen LogP contribution in [0.15, 0.2) is 39.9 Å². The van der Waals surface area contributed by atoms with E-state index in [2.05, 4.69) is 20.0 Å². The van der Waals surface area contributed by atoms with Gasteiger partial charge in [-0.25, -0.2) is 4.98 Å². The molecule has 1 saturated carbocycles. The fourth-order valence-corrected chi connectivity index (χ4v) is 4.99. The first-order valence-electron chi connectivity index (χ1n) is 11.4. The summed E-state index contributed by atoms with van der Waals surface area (Å²) in [5.74, 6) is 1.37. The van der Waals surface area contributed by atoms with E-state index < -0.39 is 0 Å². The second-order valence-corrected chi connectivity index (χ2v) is 8.65. The standard InChI is InChI=1S/C23H26N6O3/c30-23-20-19(21-25-22(32-26-21)16-5-1-2-6-16)24-15-29(20)18-8-4-3-7-17(18)28(23)10-9-27-11-13-31-14-12-27/h3-4,7-8,15-16H,1-2,5-6,9-14H2. The number of benzene rings is 1. The Labute approximate surface area is 184 Å². The summed E-state index contributed by atoms with van der Waals surface area (Å²) in [6.45, 7) is 4.64. The van der Waals surface area contributed by atoms with Crippen molar-refractivity contribution in [3.8, 4) is 11.5 Å². The van der Waals surface area contributed by atoms with Gasteiger partial charge in [-0.3, -0.25) is 14.1 Å². The highest BCUT2D eigenvalue weighted by molar-refractivity contribution is 5.83. The Morgan fingerprint density at radius 1 is 1.03 bits per heavy atom. The lowest BCUT2D eigenvalue weighted by atomic mass is 10.1. The van der Waals surface area contributed by atoms with Gasteiger partial charge in [-0.15, -0.1) is 0 Å². The van der Waals surface area contributed by atoms with Crippen LogP contribution in [0.3, 0.4) is 0 Å². The summed E-state index contributed by atoms with van der Waals surface area (Å²) in [5, 5.41) is 4.19. The van der Waals surface area contributed by atoms with Gasteiger partial charge in [0.1, 0.15) is 17.5 Å². The molecule has 6 rings (SSSR count). The lowest BCUT2D eigenvalue weighted by molar-refractivity contribution is 0.0364. The van der Waals surface area contributed by atoms with Crippen LogP contribution < -0.4 is 5.56 Å². The third-order valence-electron chi connectivity index (χ3n) is 6.75. The zero-order valence-electron chi connectivity index (χ0n) is 17.9. The van der Waals surface area contributed by atoms with E-state index in [-0.39, 0.29) is 5.56 Å². The summed E-state index contributed by atoms with van der Waals surface area (Å²) in [4.78, 5) is 25.2. The maximum Gasteiger partial charge on any atom is 0.277 e. The molecule has 166 valence electrons. The van der Waals surface area contributed by atoms with Crippen molar-refractivity contribution in [1.82, 2.24) is 29.0 Å². The van der Waals surface area contributed by atoms with Gasteiger partial charge in [0.05, 0.1) is 24.2 Å². The van der Waals surface area contributed by atoms with Crippen LogP contribution in [0.1, 0.15) is 37.5 Å². The van der Waals surface area contributed by atoms with Crippen LogP contribution in [-0.2, 0) is 11.3 Å². The topological polar surface area (TPSA) is 90.7 Å². The van der Waals surface area contributed by atoms with E-state index in [1.54, 1.807) is 6.33 Å². The molecule has 9 nitrogen and oxygen atoms in total. The molecule has 0 spiro atoms. The van der Waals surface area contributed by atoms with Crippen molar-refractivity contribution >= 4 is 16.6 Å². The van der Waals surface area contributed by atoms with Crippen LogP contribution in [0, 0.1) is 0 Å². The third-order valence-corrected chi connectivity index (χ3v) is 6.75. The number of aromatic nitrogens is 5. The van der Waals surface area contributed by atoms with Crippen LogP contribution in [0.2, 0.25) is 0 Å². The van der Waals surface area contributed by atoms with Crippen LogP contribution in [-0.4, -0.2) is 61.8 Å². The van der Waals surface area contributed by atoms with Crippen molar-refractivity contribution in [3.63, 3.8) is 0 Å². The number of hydrogen-bond acceptors (Lipinski definition) is 7. The summed E-state index contributed by atoms with van der Waals surface area (Å²) in [5.41, 5.74) is 2.71. The molecule has 2 fully saturated rings. The minimum Gasteiger partial charge on any atom is -0.379 e. The van der Waals surface area contributed by atoms with Crippen molar-refractivity contribution in [1.29, 1.82) is 0 Å².